The zero-order valence-electron chi connectivity index (χ0n) is 8.45. The minimum absolute atomic E-state index is 0.235. The van der Waals surface area contributed by atoms with Crippen molar-refractivity contribution in [1.29, 1.82) is 0 Å². The smallest absolute Gasteiger partial charge is 0.303 e. The van der Waals surface area contributed by atoms with Crippen LogP contribution >= 0.6 is 0 Å². The van der Waals surface area contributed by atoms with Crippen LogP contribution in [0.4, 0.5) is 0 Å². The number of carbonyl (C=O) groups is 2. The molecular formula is C11H18O3. The summed E-state index contributed by atoms with van der Waals surface area (Å²) in [5.74, 6) is 0.102. The van der Waals surface area contributed by atoms with Crippen LogP contribution in [0.2, 0.25) is 0 Å². The first-order valence-electron chi connectivity index (χ1n) is 5.39. The highest BCUT2D eigenvalue weighted by Crippen LogP contribution is 2.30. The summed E-state index contributed by atoms with van der Waals surface area (Å²) in [6.07, 6.45) is 7.35. The molecule has 1 rings (SSSR count). The summed E-state index contributed by atoms with van der Waals surface area (Å²) in [6, 6.07) is 0. The molecule has 3 nitrogen and oxygen atoms in total. The van der Waals surface area contributed by atoms with Crippen LogP contribution in [-0.2, 0) is 9.59 Å². The third-order valence-corrected chi connectivity index (χ3v) is 3.02. The predicted octanol–water partition coefficient (Wildman–Crippen LogP) is 2.25. The van der Waals surface area contributed by atoms with Crippen LogP contribution in [0.25, 0.3) is 0 Å². The highest BCUT2D eigenvalue weighted by atomic mass is 16.4. The Labute approximate surface area is 84.5 Å². The molecule has 0 radical (unpaired) electrons. The number of hydrogen-bond acceptors (Lipinski definition) is 2. The van der Waals surface area contributed by atoms with Crippen molar-refractivity contribution in [2.75, 3.05) is 0 Å². The molecule has 1 fully saturated rings. The molecule has 1 aliphatic rings. The van der Waals surface area contributed by atoms with Gasteiger partial charge in [-0.2, -0.15) is 0 Å². The van der Waals surface area contributed by atoms with E-state index in [4.69, 9.17) is 5.11 Å². The first-order valence-corrected chi connectivity index (χ1v) is 5.39. The molecule has 0 bridgehead atoms. The second-order valence-corrected chi connectivity index (χ2v) is 4.21. The Hall–Kier alpha value is -0.860. The highest BCUT2D eigenvalue weighted by Gasteiger charge is 2.21. The van der Waals surface area contributed by atoms with Crippen molar-refractivity contribution in [1.82, 2.24) is 0 Å². The molecule has 0 aromatic rings. The summed E-state index contributed by atoms with van der Waals surface area (Å²) < 4.78 is 0. The van der Waals surface area contributed by atoms with E-state index in [-0.39, 0.29) is 12.3 Å². The summed E-state index contributed by atoms with van der Waals surface area (Å²) in [7, 11) is 0. The number of rotatable bonds is 5. The summed E-state index contributed by atoms with van der Waals surface area (Å²) in [5.41, 5.74) is 0. The number of carbonyl (C=O) groups excluding carboxylic acids is 1. The Bertz CT molecular complexity index is 201. The van der Waals surface area contributed by atoms with Crippen molar-refractivity contribution in [2.24, 2.45) is 11.8 Å². The van der Waals surface area contributed by atoms with Gasteiger partial charge in [0.05, 0.1) is 0 Å². The first kappa shape index (κ1) is 11.2. The predicted molar refractivity (Wildman–Crippen MR) is 53.0 cm³/mol. The number of carboxylic acids is 1. The van der Waals surface area contributed by atoms with E-state index in [1.54, 1.807) is 0 Å². The summed E-state index contributed by atoms with van der Waals surface area (Å²) in [4.78, 5) is 20.9. The van der Waals surface area contributed by atoms with E-state index >= 15 is 0 Å². The van der Waals surface area contributed by atoms with Gasteiger partial charge in [-0.25, -0.2) is 0 Å². The molecule has 1 N–H and O–H groups in total. The average Bonchev–Trinajstić information content (AvgIpc) is 2.18. The van der Waals surface area contributed by atoms with E-state index in [2.05, 4.69) is 0 Å². The van der Waals surface area contributed by atoms with Gasteiger partial charge in [-0.15, -0.1) is 0 Å². The lowest BCUT2D eigenvalue weighted by Crippen LogP contribution is -2.16. The zero-order valence-corrected chi connectivity index (χ0v) is 8.45. The van der Waals surface area contributed by atoms with Gasteiger partial charge in [0.2, 0.25) is 0 Å². The normalized spacial score (nSPS) is 27.1. The van der Waals surface area contributed by atoms with Crippen LogP contribution < -0.4 is 0 Å². The Morgan fingerprint density at radius 1 is 1.43 bits per heavy atom. The Kier molecular flexibility index (Phi) is 4.63. The Morgan fingerprint density at radius 2 is 2.21 bits per heavy atom. The van der Waals surface area contributed by atoms with E-state index in [1.165, 1.54) is 6.42 Å². The molecule has 1 aliphatic carbocycles. The van der Waals surface area contributed by atoms with Crippen molar-refractivity contribution >= 4 is 12.3 Å². The lowest BCUT2D eigenvalue weighted by atomic mass is 9.80. The van der Waals surface area contributed by atoms with E-state index < -0.39 is 5.97 Å². The molecule has 0 aromatic carbocycles. The molecule has 0 heterocycles. The largest absolute Gasteiger partial charge is 0.481 e. The van der Waals surface area contributed by atoms with Crippen LogP contribution in [0.15, 0.2) is 0 Å². The number of carboxylic acid groups (broad SMARTS) is 1. The monoisotopic (exact) mass is 198 g/mol. The van der Waals surface area contributed by atoms with Crippen LogP contribution in [0.3, 0.4) is 0 Å². The molecule has 14 heavy (non-hydrogen) atoms. The molecule has 3 heteroatoms. The fourth-order valence-electron chi connectivity index (χ4n) is 2.26. The summed E-state index contributed by atoms with van der Waals surface area (Å²) in [5, 5.41) is 8.48. The fourth-order valence-corrected chi connectivity index (χ4v) is 2.26. The van der Waals surface area contributed by atoms with E-state index in [1.807, 2.05) is 0 Å². The molecule has 0 aliphatic heterocycles. The average molecular weight is 198 g/mol. The van der Waals surface area contributed by atoms with Crippen LogP contribution in [0, 0.1) is 11.8 Å². The molecule has 2 atom stereocenters. The molecule has 0 saturated heterocycles. The molecule has 1 saturated carbocycles. The molecular weight excluding hydrogens is 180 g/mol. The maximum absolute atomic E-state index is 10.6. The van der Waals surface area contributed by atoms with E-state index in [9.17, 15) is 9.59 Å². The Balaban J connectivity index is 2.17. The maximum atomic E-state index is 10.6. The molecule has 0 amide bonds. The van der Waals surface area contributed by atoms with Gasteiger partial charge in [0, 0.05) is 12.3 Å². The van der Waals surface area contributed by atoms with Gasteiger partial charge in [-0.05, 0) is 31.6 Å². The first-order chi connectivity index (χ1) is 6.72. The van der Waals surface area contributed by atoms with Crippen molar-refractivity contribution in [3.05, 3.63) is 0 Å². The van der Waals surface area contributed by atoms with Crippen molar-refractivity contribution in [3.63, 3.8) is 0 Å². The number of aliphatic carboxylic acids is 1. The van der Waals surface area contributed by atoms with E-state index in [0.29, 0.717) is 5.92 Å². The van der Waals surface area contributed by atoms with Crippen molar-refractivity contribution < 1.29 is 14.7 Å². The zero-order chi connectivity index (χ0) is 10.4. The van der Waals surface area contributed by atoms with Gasteiger partial charge in [0.25, 0.3) is 0 Å². The standard InChI is InChI=1S/C11H18O3/c12-8-10-5-1-3-9(7-10)4-2-6-11(13)14/h8-10H,1-7H2,(H,13,14). The maximum Gasteiger partial charge on any atom is 0.303 e. The number of hydrogen-bond donors (Lipinski definition) is 1. The lowest BCUT2D eigenvalue weighted by molar-refractivity contribution is -0.137. The van der Waals surface area contributed by atoms with Crippen LogP contribution in [0.5, 0.6) is 0 Å². The highest BCUT2D eigenvalue weighted by molar-refractivity contribution is 5.66. The van der Waals surface area contributed by atoms with Gasteiger partial charge in [-0.3, -0.25) is 4.79 Å². The second-order valence-electron chi connectivity index (χ2n) is 4.21. The molecule has 0 spiro atoms. The molecule has 2 unspecified atom stereocenters. The van der Waals surface area contributed by atoms with Gasteiger partial charge < -0.3 is 9.90 Å². The van der Waals surface area contributed by atoms with Crippen LogP contribution in [-0.4, -0.2) is 17.4 Å². The third kappa shape index (κ3) is 3.90. The van der Waals surface area contributed by atoms with Gasteiger partial charge in [0.1, 0.15) is 6.29 Å². The molecule has 80 valence electrons. The van der Waals surface area contributed by atoms with Gasteiger partial charge in [0.15, 0.2) is 0 Å². The van der Waals surface area contributed by atoms with Gasteiger partial charge in [-0.1, -0.05) is 12.8 Å². The third-order valence-electron chi connectivity index (χ3n) is 3.02. The van der Waals surface area contributed by atoms with Gasteiger partial charge >= 0.3 is 5.97 Å². The fraction of sp³-hybridized carbons (Fsp3) is 0.818. The van der Waals surface area contributed by atoms with Crippen molar-refractivity contribution in [3.8, 4) is 0 Å². The Morgan fingerprint density at radius 3 is 2.86 bits per heavy atom. The van der Waals surface area contributed by atoms with Crippen molar-refractivity contribution in [2.45, 2.75) is 44.9 Å². The topological polar surface area (TPSA) is 54.4 Å². The van der Waals surface area contributed by atoms with Crippen LogP contribution in [0.1, 0.15) is 44.9 Å². The molecule has 0 aromatic heterocycles. The summed E-state index contributed by atoms with van der Waals surface area (Å²) in [6.45, 7) is 0. The second kappa shape index (κ2) is 5.78. The van der Waals surface area contributed by atoms with E-state index in [0.717, 1.165) is 38.4 Å². The lowest BCUT2D eigenvalue weighted by Gasteiger charge is -2.25. The minimum atomic E-state index is -0.715. The summed E-state index contributed by atoms with van der Waals surface area (Å²) >= 11 is 0. The SMILES string of the molecule is O=CC1CCCC(CCCC(=O)O)C1. The minimum Gasteiger partial charge on any atom is -0.481 e. The quantitative estimate of drug-likeness (QED) is 0.689. The number of aldehydes is 1.